The molecule has 3 rings (SSSR count). The van der Waals surface area contributed by atoms with Gasteiger partial charge in [0, 0.05) is 18.7 Å². The smallest absolute Gasteiger partial charge is 0.237 e. The van der Waals surface area contributed by atoms with E-state index in [0.717, 1.165) is 31.4 Å². The highest BCUT2D eigenvalue weighted by Gasteiger charge is 2.19. The van der Waals surface area contributed by atoms with Gasteiger partial charge in [0.25, 0.3) is 0 Å². The van der Waals surface area contributed by atoms with Crippen LogP contribution in [0, 0.1) is 5.82 Å². The lowest BCUT2D eigenvalue weighted by Gasteiger charge is -2.15. The molecule has 6 heteroatoms. The fraction of sp³-hybridized carbons (Fsp3) is 0.350. The van der Waals surface area contributed by atoms with Crippen LogP contribution in [0.1, 0.15) is 30.4 Å². The molecule has 1 amide bonds. The number of amides is 1. The summed E-state index contributed by atoms with van der Waals surface area (Å²) in [5.41, 5.74) is 1.40. The number of rotatable bonds is 6. The maximum atomic E-state index is 13.7. The van der Waals surface area contributed by atoms with Crippen LogP contribution in [0.3, 0.4) is 0 Å². The van der Waals surface area contributed by atoms with Crippen LogP contribution >= 0.6 is 11.6 Å². The number of halogens is 2. The molecule has 2 aromatic carbocycles. The minimum Gasteiger partial charge on any atom is -0.489 e. The van der Waals surface area contributed by atoms with Crippen molar-refractivity contribution >= 4 is 17.5 Å². The van der Waals surface area contributed by atoms with Crippen LogP contribution in [0.2, 0.25) is 5.02 Å². The van der Waals surface area contributed by atoms with Gasteiger partial charge in [-0.3, -0.25) is 4.79 Å². The van der Waals surface area contributed by atoms with Crippen molar-refractivity contribution in [3.05, 3.63) is 64.4 Å². The predicted molar refractivity (Wildman–Crippen MR) is 99.7 cm³/mol. The number of benzene rings is 2. The number of carbonyl (C=O) groups excluding carboxylic acids is 1. The molecule has 1 atom stereocenters. The monoisotopic (exact) mass is 376 g/mol. The summed E-state index contributed by atoms with van der Waals surface area (Å²) in [4.78, 5) is 11.9. The van der Waals surface area contributed by atoms with Crippen molar-refractivity contribution in [2.45, 2.75) is 38.5 Å². The van der Waals surface area contributed by atoms with Crippen molar-refractivity contribution < 1.29 is 13.9 Å². The van der Waals surface area contributed by atoms with Gasteiger partial charge in [-0.1, -0.05) is 29.8 Å². The molecular formula is C20H22ClFN2O2. The molecule has 4 nitrogen and oxygen atoms in total. The van der Waals surface area contributed by atoms with Crippen LogP contribution in [0.25, 0.3) is 0 Å². The summed E-state index contributed by atoms with van der Waals surface area (Å²) in [5, 5.41) is 6.57. The predicted octanol–water partition coefficient (Wildman–Crippen LogP) is 3.82. The third-order valence-corrected chi connectivity index (χ3v) is 4.81. The summed E-state index contributed by atoms with van der Waals surface area (Å²) in [6.45, 7) is 1.44. The molecule has 0 aromatic heterocycles. The van der Waals surface area contributed by atoms with E-state index in [9.17, 15) is 9.18 Å². The molecule has 0 spiro atoms. The molecular weight excluding hydrogens is 355 g/mol. The zero-order chi connectivity index (χ0) is 18.4. The minimum atomic E-state index is -0.375. The van der Waals surface area contributed by atoms with Crippen molar-refractivity contribution in [1.29, 1.82) is 0 Å². The Labute approximate surface area is 157 Å². The second-order valence-corrected chi connectivity index (χ2v) is 6.76. The van der Waals surface area contributed by atoms with Gasteiger partial charge < -0.3 is 15.4 Å². The number of ether oxygens (including phenoxy) is 1. The summed E-state index contributed by atoms with van der Waals surface area (Å²) < 4.78 is 19.4. The standard InChI is InChI=1S/C20H22ClFN2O2/c21-17-4-3-5-18(22)16(17)13-26-15-9-7-14(8-10-15)12-24-19-6-1-2-11-23-20(19)25/h3-5,7-10,19,24H,1-2,6,11-13H2,(H,23,25). The third kappa shape index (κ3) is 4.96. The van der Waals surface area contributed by atoms with Gasteiger partial charge in [0.1, 0.15) is 18.2 Å². The largest absolute Gasteiger partial charge is 0.489 e. The number of hydrogen-bond donors (Lipinski definition) is 2. The quantitative estimate of drug-likeness (QED) is 0.805. The summed E-state index contributed by atoms with van der Waals surface area (Å²) in [6, 6.07) is 12.0. The second-order valence-electron chi connectivity index (χ2n) is 6.35. The fourth-order valence-electron chi connectivity index (χ4n) is 2.90. The molecule has 0 radical (unpaired) electrons. The highest BCUT2D eigenvalue weighted by molar-refractivity contribution is 6.31. The zero-order valence-electron chi connectivity index (χ0n) is 14.4. The molecule has 1 heterocycles. The maximum Gasteiger partial charge on any atom is 0.237 e. The highest BCUT2D eigenvalue weighted by atomic mass is 35.5. The van der Waals surface area contributed by atoms with Crippen LogP contribution in [0.4, 0.5) is 4.39 Å². The lowest BCUT2D eigenvalue weighted by molar-refractivity contribution is -0.122. The number of carbonyl (C=O) groups is 1. The first kappa shape index (κ1) is 18.7. The number of hydrogen-bond acceptors (Lipinski definition) is 3. The van der Waals surface area contributed by atoms with E-state index in [4.69, 9.17) is 16.3 Å². The highest BCUT2D eigenvalue weighted by Crippen LogP contribution is 2.21. The Morgan fingerprint density at radius 1 is 1.19 bits per heavy atom. The van der Waals surface area contributed by atoms with Crippen molar-refractivity contribution in [2.75, 3.05) is 6.54 Å². The third-order valence-electron chi connectivity index (χ3n) is 4.46. The maximum absolute atomic E-state index is 13.7. The SMILES string of the molecule is O=C1NCCCCC1NCc1ccc(OCc2c(F)cccc2Cl)cc1. The first-order valence-corrected chi connectivity index (χ1v) is 9.17. The second kappa shape index (κ2) is 9.01. The Bertz CT molecular complexity index is 732. The lowest BCUT2D eigenvalue weighted by atomic mass is 10.1. The van der Waals surface area contributed by atoms with Gasteiger partial charge in [-0.05, 0) is 49.1 Å². The van der Waals surface area contributed by atoms with Crippen LogP contribution < -0.4 is 15.4 Å². The zero-order valence-corrected chi connectivity index (χ0v) is 15.2. The Hall–Kier alpha value is -2.11. The van der Waals surface area contributed by atoms with Gasteiger partial charge >= 0.3 is 0 Å². The van der Waals surface area contributed by atoms with E-state index in [-0.39, 0.29) is 24.4 Å². The van der Waals surface area contributed by atoms with Crippen LogP contribution in [0.15, 0.2) is 42.5 Å². The Morgan fingerprint density at radius 2 is 2.00 bits per heavy atom. The van der Waals surface area contributed by atoms with Crippen LogP contribution in [0.5, 0.6) is 5.75 Å². The minimum absolute atomic E-state index is 0.0734. The Morgan fingerprint density at radius 3 is 2.77 bits per heavy atom. The molecule has 2 N–H and O–H groups in total. The molecule has 26 heavy (non-hydrogen) atoms. The molecule has 1 fully saturated rings. The summed E-state index contributed by atoms with van der Waals surface area (Å²) >= 11 is 6.00. The van der Waals surface area contributed by atoms with Gasteiger partial charge in [-0.2, -0.15) is 0 Å². The van der Waals surface area contributed by atoms with Crippen LogP contribution in [-0.4, -0.2) is 18.5 Å². The normalized spacial score (nSPS) is 17.5. The molecule has 1 aliphatic heterocycles. The molecule has 1 saturated heterocycles. The van der Waals surface area contributed by atoms with Crippen molar-refractivity contribution in [1.82, 2.24) is 10.6 Å². The van der Waals surface area contributed by atoms with Crippen molar-refractivity contribution in [3.63, 3.8) is 0 Å². The number of nitrogens with one attached hydrogen (secondary N) is 2. The fourth-order valence-corrected chi connectivity index (χ4v) is 3.12. The summed E-state index contributed by atoms with van der Waals surface area (Å²) in [5.74, 6) is 0.337. The van der Waals surface area contributed by atoms with Gasteiger partial charge in [-0.15, -0.1) is 0 Å². The van der Waals surface area contributed by atoms with Gasteiger partial charge in [0.05, 0.1) is 11.1 Å². The average Bonchev–Trinajstić information content (AvgIpc) is 2.85. The summed E-state index contributed by atoms with van der Waals surface area (Å²) in [7, 11) is 0. The van der Waals surface area contributed by atoms with Gasteiger partial charge in [0.15, 0.2) is 0 Å². The van der Waals surface area contributed by atoms with E-state index >= 15 is 0 Å². The topological polar surface area (TPSA) is 50.4 Å². The van der Waals surface area contributed by atoms with E-state index in [1.807, 2.05) is 24.3 Å². The van der Waals surface area contributed by atoms with E-state index in [2.05, 4.69) is 10.6 Å². The van der Waals surface area contributed by atoms with Gasteiger partial charge in [0.2, 0.25) is 5.91 Å². The molecule has 1 aliphatic rings. The van der Waals surface area contributed by atoms with E-state index in [0.29, 0.717) is 22.9 Å². The van der Waals surface area contributed by atoms with Crippen molar-refractivity contribution in [3.8, 4) is 5.75 Å². The average molecular weight is 377 g/mol. The first-order valence-electron chi connectivity index (χ1n) is 8.79. The Balaban J connectivity index is 1.52. The van der Waals surface area contributed by atoms with E-state index in [1.54, 1.807) is 12.1 Å². The van der Waals surface area contributed by atoms with Gasteiger partial charge in [-0.25, -0.2) is 4.39 Å². The van der Waals surface area contributed by atoms with Crippen molar-refractivity contribution in [2.24, 2.45) is 0 Å². The van der Waals surface area contributed by atoms with Crippen LogP contribution in [-0.2, 0) is 17.9 Å². The molecule has 1 unspecified atom stereocenters. The lowest BCUT2D eigenvalue weighted by Crippen LogP contribution is -2.42. The molecule has 0 aliphatic carbocycles. The van der Waals surface area contributed by atoms with E-state index < -0.39 is 0 Å². The van der Waals surface area contributed by atoms with E-state index in [1.165, 1.54) is 6.07 Å². The summed E-state index contributed by atoms with van der Waals surface area (Å²) in [6.07, 6.45) is 2.93. The first-order chi connectivity index (χ1) is 12.6. The Kier molecular flexibility index (Phi) is 6.47. The molecule has 138 valence electrons. The molecule has 2 aromatic rings. The molecule has 0 saturated carbocycles. The molecule has 0 bridgehead atoms.